The summed E-state index contributed by atoms with van der Waals surface area (Å²) in [6.07, 6.45) is 3.57. The first-order chi connectivity index (χ1) is 15.1. The van der Waals surface area contributed by atoms with Crippen molar-refractivity contribution in [2.75, 3.05) is 13.6 Å². The number of nitrogens with one attached hydrogen (secondary N) is 1. The van der Waals surface area contributed by atoms with Crippen molar-refractivity contribution >= 4 is 17.6 Å². The van der Waals surface area contributed by atoms with Gasteiger partial charge in [0.15, 0.2) is 5.82 Å². The molecule has 0 saturated carbocycles. The van der Waals surface area contributed by atoms with Crippen molar-refractivity contribution in [3.63, 3.8) is 0 Å². The van der Waals surface area contributed by atoms with E-state index in [0.29, 0.717) is 11.6 Å². The predicted octanol–water partition coefficient (Wildman–Crippen LogP) is 4.05. The van der Waals surface area contributed by atoms with E-state index in [0.717, 1.165) is 49.2 Å². The topological polar surface area (TPSA) is 81.3 Å². The molecule has 0 radical (unpaired) electrons. The van der Waals surface area contributed by atoms with E-state index in [9.17, 15) is 4.79 Å². The Bertz CT molecular complexity index is 965. The maximum atomic E-state index is 13.2. The Kier molecular flexibility index (Phi) is 6.79. The van der Waals surface area contributed by atoms with Gasteiger partial charge < -0.3 is 0 Å². The standard InChI is InChI=1S/C22H26ClN7O/c1-28-22(31)29(16-17-8-4-2-5-9-17)21(18-11-13-19(23)14-12-18)30(28)15-7-3-6-10-20-24-26-27-25-20/h2,4-5,8-9,11-14,21H,3,6-7,10,15-16H2,1H3,(H,24,25,26,27). The average molecular weight is 440 g/mol. The van der Waals surface area contributed by atoms with E-state index in [1.54, 1.807) is 5.01 Å². The Labute approximate surface area is 186 Å². The number of nitrogens with zero attached hydrogens (tertiary/aromatic N) is 6. The molecule has 1 aromatic heterocycles. The lowest BCUT2D eigenvalue weighted by atomic mass is 10.1. The summed E-state index contributed by atoms with van der Waals surface area (Å²) in [6, 6.07) is 17.8. The number of amides is 2. The number of carbonyl (C=O) groups excluding carboxylic acids is 1. The third kappa shape index (κ3) is 5.03. The molecule has 1 atom stereocenters. The number of benzene rings is 2. The number of halogens is 1. The molecule has 1 aliphatic rings. The fourth-order valence-electron chi connectivity index (χ4n) is 3.94. The lowest BCUT2D eigenvalue weighted by Gasteiger charge is -2.30. The van der Waals surface area contributed by atoms with Gasteiger partial charge in [-0.2, -0.15) is 10.2 Å². The number of aryl methyl sites for hydroxylation is 1. The summed E-state index contributed by atoms with van der Waals surface area (Å²) in [5.74, 6) is 0.738. The summed E-state index contributed by atoms with van der Waals surface area (Å²) >= 11 is 6.12. The number of unbranched alkanes of at least 4 members (excludes halogenated alkanes) is 2. The molecule has 1 N–H and O–H groups in total. The number of hydrazine groups is 1. The van der Waals surface area contributed by atoms with Crippen molar-refractivity contribution in [1.82, 2.24) is 35.5 Å². The first kappa shape index (κ1) is 21.3. The Balaban J connectivity index is 1.47. The molecule has 2 heterocycles. The highest BCUT2D eigenvalue weighted by Gasteiger charge is 2.42. The molecule has 31 heavy (non-hydrogen) atoms. The minimum atomic E-state index is -0.174. The van der Waals surface area contributed by atoms with Crippen LogP contribution in [0.4, 0.5) is 4.79 Å². The van der Waals surface area contributed by atoms with Crippen molar-refractivity contribution in [3.8, 4) is 0 Å². The van der Waals surface area contributed by atoms with Crippen LogP contribution in [0.25, 0.3) is 0 Å². The molecule has 2 amide bonds. The fraction of sp³-hybridized carbons (Fsp3) is 0.364. The van der Waals surface area contributed by atoms with Crippen LogP contribution in [0.1, 0.15) is 42.4 Å². The minimum Gasteiger partial charge on any atom is -0.298 e. The highest BCUT2D eigenvalue weighted by atomic mass is 35.5. The van der Waals surface area contributed by atoms with Crippen LogP contribution < -0.4 is 0 Å². The van der Waals surface area contributed by atoms with Crippen LogP contribution in [-0.4, -0.2) is 55.2 Å². The third-order valence-electron chi connectivity index (χ3n) is 5.53. The van der Waals surface area contributed by atoms with Crippen molar-refractivity contribution in [3.05, 3.63) is 76.6 Å². The molecule has 3 aromatic rings. The van der Waals surface area contributed by atoms with Gasteiger partial charge in [0.25, 0.3) is 0 Å². The van der Waals surface area contributed by atoms with Crippen LogP contribution in [0.2, 0.25) is 5.02 Å². The van der Waals surface area contributed by atoms with E-state index in [1.807, 2.05) is 66.5 Å². The summed E-state index contributed by atoms with van der Waals surface area (Å²) in [5.41, 5.74) is 2.15. The molecule has 0 bridgehead atoms. The van der Waals surface area contributed by atoms with Gasteiger partial charge in [-0.05, 0) is 36.1 Å². The van der Waals surface area contributed by atoms with E-state index in [1.165, 1.54) is 0 Å². The van der Waals surface area contributed by atoms with Gasteiger partial charge in [-0.1, -0.05) is 65.7 Å². The number of carbonyl (C=O) groups is 1. The van der Waals surface area contributed by atoms with Crippen LogP contribution in [0.5, 0.6) is 0 Å². The van der Waals surface area contributed by atoms with Gasteiger partial charge >= 0.3 is 6.03 Å². The molecular formula is C22H26ClN7O. The highest BCUT2D eigenvalue weighted by molar-refractivity contribution is 6.30. The maximum absolute atomic E-state index is 13.2. The Hall–Kier alpha value is -2.97. The monoisotopic (exact) mass is 439 g/mol. The average Bonchev–Trinajstić information content (AvgIpc) is 3.38. The number of rotatable bonds is 9. The normalized spacial score (nSPS) is 17.0. The zero-order valence-electron chi connectivity index (χ0n) is 17.5. The van der Waals surface area contributed by atoms with Gasteiger partial charge in [0.05, 0.1) is 0 Å². The molecular weight excluding hydrogens is 414 g/mol. The summed E-state index contributed by atoms with van der Waals surface area (Å²) in [5, 5.41) is 18.6. The second-order valence-corrected chi connectivity index (χ2v) is 8.08. The number of tetrazole rings is 1. The summed E-state index contributed by atoms with van der Waals surface area (Å²) in [4.78, 5) is 15.1. The summed E-state index contributed by atoms with van der Waals surface area (Å²) < 4.78 is 0. The van der Waals surface area contributed by atoms with Crippen LogP contribution >= 0.6 is 11.6 Å². The molecule has 4 rings (SSSR count). The van der Waals surface area contributed by atoms with E-state index < -0.39 is 0 Å². The molecule has 1 fully saturated rings. The van der Waals surface area contributed by atoms with Crippen LogP contribution in [-0.2, 0) is 13.0 Å². The van der Waals surface area contributed by atoms with E-state index in [-0.39, 0.29) is 12.2 Å². The molecule has 1 unspecified atom stereocenters. The molecule has 1 aliphatic heterocycles. The van der Waals surface area contributed by atoms with Crippen molar-refractivity contribution in [2.45, 2.75) is 38.4 Å². The number of urea groups is 1. The minimum absolute atomic E-state index is 0.00407. The van der Waals surface area contributed by atoms with Gasteiger partial charge in [0.2, 0.25) is 0 Å². The smallest absolute Gasteiger partial charge is 0.298 e. The highest BCUT2D eigenvalue weighted by Crippen LogP contribution is 2.35. The molecule has 8 nitrogen and oxygen atoms in total. The quantitative estimate of drug-likeness (QED) is 0.508. The van der Waals surface area contributed by atoms with Crippen molar-refractivity contribution < 1.29 is 4.79 Å². The molecule has 162 valence electrons. The maximum Gasteiger partial charge on any atom is 0.336 e. The van der Waals surface area contributed by atoms with Gasteiger partial charge in [-0.3, -0.25) is 9.91 Å². The second kappa shape index (κ2) is 9.89. The van der Waals surface area contributed by atoms with Crippen molar-refractivity contribution in [2.24, 2.45) is 0 Å². The Morgan fingerprint density at radius 1 is 1.03 bits per heavy atom. The number of hydrogen-bond acceptors (Lipinski definition) is 5. The molecule has 2 aromatic carbocycles. The van der Waals surface area contributed by atoms with Gasteiger partial charge in [0, 0.05) is 31.6 Å². The van der Waals surface area contributed by atoms with E-state index in [2.05, 4.69) is 25.6 Å². The summed E-state index contributed by atoms with van der Waals surface area (Å²) in [7, 11) is 1.84. The number of H-pyrrole nitrogens is 1. The Morgan fingerprint density at radius 3 is 2.52 bits per heavy atom. The first-order valence-corrected chi connectivity index (χ1v) is 10.8. The SMILES string of the molecule is CN1C(=O)N(Cc2ccccc2)C(c2ccc(Cl)cc2)N1CCCCCc1nn[nH]n1. The molecule has 0 spiro atoms. The summed E-state index contributed by atoms with van der Waals surface area (Å²) in [6.45, 7) is 1.32. The molecule has 0 aliphatic carbocycles. The van der Waals surface area contributed by atoms with Crippen LogP contribution in [0.15, 0.2) is 54.6 Å². The van der Waals surface area contributed by atoms with Gasteiger partial charge in [-0.25, -0.2) is 4.79 Å². The first-order valence-electron chi connectivity index (χ1n) is 10.5. The fourth-order valence-corrected chi connectivity index (χ4v) is 4.07. The molecule has 9 heteroatoms. The van der Waals surface area contributed by atoms with E-state index >= 15 is 0 Å². The lowest BCUT2D eigenvalue weighted by molar-refractivity contribution is 0.0183. The zero-order chi connectivity index (χ0) is 21.6. The zero-order valence-corrected chi connectivity index (χ0v) is 18.2. The molecule has 1 saturated heterocycles. The lowest BCUT2D eigenvalue weighted by Crippen LogP contribution is -2.37. The number of aromatic amines is 1. The Morgan fingerprint density at radius 2 is 1.81 bits per heavy atom. The second-order valence-electron chi connectivity index (χ2n) is 7.65. The van der Waals surface area contributed by atoms with Crippen LogP contribution in [0.3, 0.4) is 0 Å². The van der Waals surface area contributed by atoms with Crippen LogP contribution in [0, 0.1) is 0 Å². The van der Waals surface area contributed by atoms with E-state index in [4.69, 9.17) is 11.6 Å². The number of hydrogen-bond donors (Lipinski definition) is 1. The largest absolute Gasteiger partial charge is 0.336 e. The third-order valence-corrected chi connectivity index (χ3v) is 5.78. The predicted molar refractivity (Wildman–Crippen MR) is 118 cm³/mol. The van der Waals surface area contributed by atoms with Crippen molar-refractivity contribution in [1.29, 1.82) is 0 Å². The van der Waals surface area contributed by atoms with Gasteiger partial charge in [0.1, 0.15) is 6.17 Å². The van der Waals surface area contributed by atoms with Gasteiger partial charge in [-0.15, -0.1) is 10.2 Å². The number of aromatic nitrogens is 4.